The number of nitrogens with one attached hydrogen (secondary N) is 2. The summed E-state index contributed by atoms with van der Waals surface area (Å²) in [5.41, 5.74) is 0. The zero-order valence-electron chi connectivity index (χ0n) is 13.1. The van der Waals surface area contributed by atoms with Gasteiger partial charge in [-0.25, -0.2) is 0 Å². The van der Waals surface area contributed by atoms with E-state index in [-0.39, 0.29) is 11.9 Å². The molecule has 2 heterocycles. The Morgan fingerprint density at radius 2 is 2.05 bits per heavy atom. The lowest BCUT2D eigenvalue weighted by Gasteiger charge is -2.33. The van der Waals surface area contributed by atoms with Gasteiger partial charge in [-0.3, -0.25) is 4.79 Å². The topological polar surface area (TPSA) is 53.6 Å². The molecule has 0 radical (unpaired) electrons. The fourth-order valence-corrected chi connectivity index (χ4v) is 4.20. The summed E-state index contributed by atoms with van der Waals surface area (Å²) in [7, 11) is 0. The number of rotatable bonds is 4. The molecule has 21 heavy (non-hydrogen) atoms. The van der Waals surface area contributed by atoms with Crippen molar-refractivity contribution < 1.29 is 9.53 Å². The fourth-order valence-electron chi connectivity index (χ4n) is 4.20. The Bertz CT molecular complexity index is 351. The van der Waals surface area contributed by atoms with Gasteiger partial charge in [0, 0.05) is 25.2 Å². The summed E-state index contributed by atoms with van der Waals surface area (Å²) in [5.74, 6) is 0.941. The Kier molecular flexibility index (Phi) is 5.14. The molecule has 3 fully saturated rings. The van der Waals surface area contributed by atoms with Crippen molar-refractivity contribution in [1.29, 1.82) is 0 Å². The van der Waals surface area contributed by atoms with Crippen LogP contribution in [0.2, 0.25) is 0 Å². The highest BCUT2D eigenvalue weighted by Gasteiger charge is 2.36. The molecule has 0 aromatic heterocycles. The molecule has 2 aliphatic heterocycles. The number of amides is 1. The molecule has 0 bridgehead atoms. The maximum absolute atomic E-state index is 12.5. The average Bonchev–Trinajstić information content (AvgIpc) is 3.18. The van der Waals surface area contributed by atoms with Crippen molar-refractivity contribution in [3.63, 3.8) is 0 Å². The summed E-state index contributed by atoms with van der Waals surface area (Å²) >= 11 is 0. The van der Waals surface area contributed by atoms with Gasteiger partial charge < -0.3 is 20.3 Å². The Morgan fingerprint density at radius 3 is 2.76 bits per heavy atom. The van der Waals surface area contributed by atoms with Crippen molar-refractivity contribution in [3.8, 4) is 0 Å². The highest BCUT2D eigenvalue weighted by Crippen LogP contribution is 2.32. The van der Waals surface area contributed by atoms with Crippen molar-refractivity contribution in [1.82, 2.24) is 15.5 Å². The summed E-state index contributed by atoms with van der Waals surface area (Å²) in [6.45, 7) is 6.02. The summed E-state index contributed by atoms with van der Waals surface area (Å²) in [6, 6.07) is 1.09. The van der Waals surface area contributed by atoms with E-state index in [1.165, 1.54) is 32.1 Å². The minimum absolute atomic E-state index is 0.0740. The minimum Gasteiger partial charge on any atom is -0.378 e. The van der Waals surface area contributed by atoms with Crippen molar-refractivity contribution in [2.24, 2.45) is 5.92 Å². The molecule has 1 aliphatic carbocycles. The number of ether oxygens (including phenoxy) is 1. The minimum atomic E-state index is -0.0740. The molecule has 3 rings (SSSR count). The Hall–Kier alpha value is -0.650. The lowest BCUT2D eigenvalue weighted by molar-refractivity contribution is -0.137. The van der Waals surface area contributed by atoms with Crippen LogP contribution in [-0.4, -0.2) is 61.8 Å². The van der Waals surface area contributed by atoms with Gasteiger partial charge >= 0.3 is 0 Å². The van der Waals surface area contributed by atoms with E-state index in [4.69, 9.17) is 4.74 Å². The van der Waals surface area contributed by atoms with Gasteiger partial charge in [0.2, 0.25) is 5.91 Å². The van der Waals surface area contributed by atoms with E-state index in [9.17, 15) is 4.79 Å². The van der Waals surface area contributed by atoms with Crippen LogP contribution < -0.4 is 10.6 Å². The van der Waals surface area contributed by atoms with E-state index in [1.54, 1.807) is 0 Å². The van der Waals surface area contributed by atoms with E-state index in [0.717, 1.165) is 19.6 Å². The third-order valence-corrected chi connectivity index (χ3v) is 5.34. The van der Waals surface area contributed by atoms with Crippen molar-refractivity contribution >= 4 is 5.91 Å². The molecule has 1 saturated carbocycles. The second-order valence-corrected chi connectivity index (χ2v) is 6.73. The summed E-state index contributed by atoms with van der Waals surface area (Å²) in [5, 5.41) is 7.27. The zero-order valence-corrected chi connectivity index (χ0v) is 13.1. The molecule has 4 unspecified atom stereocenters. The first kappa shape index (κ1) is 15.3. The molecule has 3 aliphatic rings. The zero-order chi connectivity index (χ0) is 14.7. The van der Waals surface area contributed by atoms with Gasteiger partial charge in [-0.05, 0) is 45.1 Å². The maximum Gasteiger partial charge on any atom is 0.239 e. The molecule has 4 atom stereocenters. The van der Waals surface area contributed by atoms with Crippen LogP contribution in [0.1, 0.15) is 39.0 Å². The average molecular weight is 295 g/mol. The van der Waals surface area contributed by atoms with Crippen LogP contribution in [-0.2, 0) is 9.53 Å². The molecule has 0 spiro atoms. The second kappa shape index (κ2) is 7.07. The van der Waals surface area contributed by atoms with Gasteiger partial charge in [-0.1, -0.05) is 6.42 Å². The van der Waals surface area contributed by atoms with Gasteiger partial charge in [-0.15, -0.1) is 0 Å². The summed E-state index contributed by atoms with van der Waals surface area (Å²) < 4.78 is 5.33. The van der Waals surface area contributed by atoms with E-state index in [1.807, 2.05) is 11.8 Å². The van der Waals surface area contributed by atoms with Crippen LogP contribution in [0.4, 0.5) is 0 Å². The van der Waals surface area contributed by atoms with Gasteiger partial charge in [0.25, 0.3) is 0 Å². The number of carbonyl (C=O) groups excluding carboxylic acids is 1. The third-order valence-electron chi connectivity index (χ3n) is 5.34. The first-order valence-electron chi connectivity index (χ1n) is 8.61. The molecule has 0 aromatic carbocycles. The van der Waals surface area contributed by atoms with Gasteiger partial charge in [0.15, 0.2) is 0 Å². The van der Waals surface area contributed by atoms with Crippen LogP contribution in [0.5, 0.6) is 0 Å². The van der Waals surface area contributed by atoms with Gasteiger partial charge in [-0.2, -0.15) is 0 Å². The lowest BCUT2D eigenvalue weighted by Crippen LogP contribution is -2.53. The van der Waals surface area contributed by atoms with Crippen molar-refractivity contribution in [3.05, 3.63) is 0 Å². The predicted molar refractivity (Wildman–Crippen MR) is 82.2 cm³/mol. The molecule has 0 aromatic rings. The smallest absolute Gasteiger partial charge is 0.239 e. The van der Waals surface area contributed by atoms with Gasteiger partial charge in [0.05, 0.1) is 19.3 Å². The van der Waals surface area contributed by atoms with Crippen LogP contribution in [0, 0.1) is 5.92 Å². The number of hydrogen-bond donors (Lipinski definition) is 2. The first-order valence-corrected chi connectivity index (χ1v) is 8.61. The van der Waals surface area contributed by atoms with Crippen LogP contribution in [0.15, 0.2) is 0 Å². The number of morpholine rings is 1. The Morgan fingerprint density at radius 1 is 1.24 bits per heavy atom. The summed E-state index contributed by atoms with van der Waals surface area (Å²) in [4.78, 5) is 14.4. The van der Waals surface area contributed by atoms with E-state index >= 15 is 0 Å². The molecule has 120 valence electrons. The summed E-state index contributed by atoms with van der Waals surface area (Å²) in [6.07, 6.45) is 6.40. The van der Waals surface area contributed by atoms with Crippen molar-refractivity contribution in [2.45, 2.75) is 57.2 Å². The lowest BCUT2D eigenvalue weighted by atomic mass is 9.92. The normalized spacial score (nSPS) is 35.1. The highest BCUT2D eigenvalue weighted by atomic mass is 16.5. The fraction of sp³-hybridized carbons (Fsp3) is 0.938. The van der Waals surface area contributed by atoms with E-state index in [2.05, 4.69) is 10.6 Å². The Balaban J connectivity index is 1.53. The predicted octanol–water partition coefficient (Wildman–Crippen LogP) is 0.744. The molecular weight excluding hydrogens is 266 g/mol. The molecule has 2 saturated heterocycles. The second-order valence-electron chi connectivity index (χ2n) is 6.73. The van der Waals surface area contributed by atoms with E-state index < -0.39 is 0 Å². The van der Waals surface area contributed by atoms with Gasteiger partial charge in [0.1, 0.15) is 0 Å². The van der Waals surface area contributed by atoms with Crippen molar-refractivity contribution in [2.75, 3.05) is 32.8 Å². The van der Waals surface area contributed by atoms with Crippen LogP contribution in [0.3, 0.4) is 0 Å². The number of hydrogen-bond acceptors (Lipinski definition) is 4. The molecule has 2 N–H and O–H groups in total. The van der Waals surface area contributed by atoms with Crippen LogP contribution in [0.25, 0.3) is 0 Å². The third kappa shape index (κ3) is 3.58. The monoisotopic (exact) mass is 295 g/mol. The van der Waals surface area contributed by atoms with E-state index in [0.29, 0.717) is 31.2 Å². The molecule has 5 nitrogen and oxygen atoms in total. The largest absolute Gasteiger partial charge is 0.378 e. The number of nitrogens with zero attached hydrogens (tertiary/aromatic N) is 1. The first-order chi connectivity index (χ1) is 10.3. The molecular formula is C16H29N3O2. The Labute approximate surface area is 127 Å². The standard InChI is InChI=1S/C16H29N3O2/c1-12(16(20)19-8-10-21-11-9-19)18-15-5-2-4-13(15)14-6-3-7-17-14/h12-15,17-18H,2-11H2,1H3. The van der Waals surface area contributed by atoms with Crippen LogP contribution >= 0.6 is 0 Å². The number of carbonyl (C=O) groups is 1. The molecule has 5 heteroatoms. The highest BCUT2D eigenvalue weighted by molar-refractivity contribution is 5.81. The quantitative estimate of drug-likeness (QED) is 0.803. The SMILES string of the molecule is CC(NC1CCCC1C1CCCN1)C(=O)N1CCOCC1. The molecule has 1 amide bonds. The maximum atomic E-state index is 12.5.